The molecule has 96 valence electrons. The summed E-state index contributed by atoms with van der Waals surface area (Å²) in [7, 11) is 0. The molecule has 1 amide bonds. The molecule has 1 saturated heterocycles. The van der Waals surface area contributed by atoms with E-state index in [0.717, 1.165) is 5.56 Å². The first-order chi connectivity index (χ1) is 8.52. The van der Waals surface area contributed by atoms with Crippen LogP contribution in [0.5, 0.6) is 0 Å². The molecule has 5 heteroatoms. The molecule has 0 spiro atoms. The van der Waals surface area contributed by atoms with Gasteiger partial charge < -0.3 is 10.0 Å². The van der Waals surface area contributed by atoms with Crippen molar-refractivity contribution in [2.75, 3.05) is 6.54 Å². The lowest BCUT2D eigenvalue weighted by molar-refractivity contribution is -0.141. The van der Waals surface area contributed by atoms with Crippen molar-refractivity contribution >= 4 is 23.5 Å². The average Bonchev–Trinajstić information content (AvgIpc) is 2.81. The highest BCUT2D eigenvalue weighted by Crippen LogP contribution is 2.26. The minimum absolute atomic E-state index is 0.298. The number of hydrogen-bond donors (Lipinski definition) is 1. The van der Waals surface area contributed by atoms with E-state index in [0.29, 0.717) is 30.0 Å². The summed E-state index contributed by atoms with van der Waals surface area (Å²) in [5, 5.41) is 9.48. The normalized spacial score (nSPS) is 19.0. The van der Waals surface area contributed by atoms with Gasteiger partial charge in [0.2, 0.25) is 0 Å². The highest BCUT2D eigenvalue weighted by atomic mass is 35.5. The number of nitrogens with zero attached hydrogens (tertiary/aromatic N) is 1. The van der Waals surface area contributed by atoms with Crippen LogP contribution in [0.3, 0.4) is 0 Å². The van der Waals surface area contributed by atoms with Gasteiger partial charge in [0.25, 0.3) is 5.91 Å². The summed E-state index contributed by atoms with van der Waals surface area (Å²) < 4.78 is 0. The van der Waals surface area contributed by atoms with E-state index < -0.39 is 12.0 Å². The van der Waals surface area contributed by atoms with E-state index in [4.69, 9.17) is 16.7 Å². The van der Waals surface area contributed by atoms with Crippen LogP contribution < -0.4 is 0 Å². The maximum atomic E-state index is 12.3. The lowest BCUT2D eigenvalue weighted by Gasteiger charge is -2.22. The Kier molecular flexibility index (Phi) is 3.57. The van der Waals surface area contributed by atoms with E-state index in [2.05, 4.69) is 0 Å². The predicted molar refractivity (Wildman–Crippen MR) is 67.9 cm³/mol. The fourth-order valence-electron chi connectivity index (χ4n) is 2.23. The van der Waals surface area contributed by atoms with Gasteiger partial charge in [-0.05, 0) is 31.4 Å². The van der Waals surface area contributed by atoms with E-state index in [1.807, 2.05) is 13.0 Å². The molecule has 2 rings (SSSR count). The van der Waals surface area contributed by atoms with Crippen LogP contribution in [0.15, 0.2) is 18.2 Å². The fourth-order valence-corrected chi connectivity index (χ4v) is 2.44. The van der Waals surface area contributed by atoms with Crippen molar-refractivity contribution in [3.05, 3.63) is 34.3 Å². The zero-order valence-corrected chi connectivity index (χ0v) is 10.8. The van der Waals surface area contributed by atoms with Crippen molar-refractivity contribution in [2.45, 2.75) is 25.8 Å². The van der Waals surface area contributed by atoms with E-state index >= 15 is 0 Å². The number of carboxylic acids is 1. The highest BCUT2D eigenvalue weighted by Gasteiger charge is 2.35. The number of carbonyl (C=O) groups is 2. The molecule has 0 saturated carbocycles. The van der Waals surface area contributed by atoms with Crippen LogP contribution in [0, 0.1) is 6.92 Å². The van der Waals surface area contributed by atoms with Crippen molar-refractivity contribution < 1.29 is 14.7 Å². The third-order valence-electron chi connectivity index (χ3n) is 3.22. The van der Waals surface area contributed by atoms with Gasteiger partial charge in [-0.3, -0.25) is 4.79 Å². The number of carboxylic acid groups (broad SMARTS) is 1. The predicted octanol–water partition coefficient (Wildman–Crippen LogP) is 2.34. The monoisotopic (exact) mass is 267 g/mol. The molecule has 0 radical (unpaired) electrons. The Bertz CT molecular complexity index is 501. The second kappa shape index (κ2) is 4.98. The molecular weight excluding hydrogens is 254 g/mol. The van der Waals surface area contributed by atoms with Crippen LogP contribution >= 0.6 is 11.6 Å². The van der Waals surface area contributed by atoms with E-state index in [1.54, 1.807) is 12.1 Å². The molecule has 1 aliphatic rings. The number of hydrogen-bond acceptors (Lipinski definition) is 2. The van der Waals surface area contributed by atoms with Crippen molar-refractivity contribution in [3.8, 4) is 0 Å². The van der Waals surface area contributed by atoms with Gasteiger partial charge in [0.1, 0.15) is 6.04 Å². The maximum absolute atomic E-state index is 12.3. The molecule has 0 aliphatic carbocycles. The Labute approximate surface area is 110 Å². The number of aliphatic carboxylic acids is 1. The topological polar surface area (TPSA) is 57.6 Å². The summed E-state index contributed by atoms with van der Waals surface area (Å²) in [6, 6.07) is 4.47. The second-order valence-electron chi connectivity index (χ2n) is 4.43. The second-order valence-corrected chi connectivity index (χ2v) is 4.81. The quantitative estimate of drug-likeness (QED) is 0.895. The zero-order valence-electron chi connectivity index (χ0n) is 10.0. The van der Waals surface area contributed by atoms with Crippen molar-refractivity contribution in [2.24, 2.45) is 0 Å². The van der Waals surface area contributed by atoms with Crippen LogP contribution in [-0.4, -0.2) is 34.5 Å². The third kappa shape index (κ3) is 2.20. The first kappa shape index (κ1) is 12.9. The van der Waals surface area contributed by atoms with Crippen molar-refractivity contribution in [1.29, 1.82) is 0 Å². The Balaban J connectivity index is 2.31. The first-order valence-corrected chi connectivity index (χ1v) is 6.19. The minimum Gasteiger partial charge on any atom is -0.480 e. The van der Waals surface area contributed by atoms with Gasteiger partial charge in [0, 0.05) is 6.54 Å². The minimum atomic E-state index is -0.954. The number of halogens is 1. The largest absolute Gasteiger partial charge is 0.480 e. The molecule has 1 N–H and O–H groups in total. The summed E-state index contributed by atoms with van der Waals surface area (Å²) in [4.78, 5) is 24.8. The van der Waals surface area contributed by atoms with Crippen molar-refractivity contribution in [1.82, 2.24) is 4.90 Å². The van der Waals surface area contributed by atoms with Crippen LogP contribution in [0.2, 0.25) is 5.02 Å². The smallest absolute Gasteiger partial charge is 0.326 e. The molecule has 18 heavy (non-hydrogen) atoms. The molecule has 0 aromatic heterocycles. The van der Waals surface area contributed by atoms with Gasteiger partial charge >= 0.3 is 5.97 Å². The number of rotatable bonds is 2. The van der Waals surface area contributed by atoms with Crippen molar-refractivity contribution in [3.63, 3.8) is 0 Å². The first-order valence-electron chi connectivity index (χ1n) is 5.81. The van der Waals surface area contributed by atoms with Gasteiger partial charge in [-0.15, -0.1) is 0 Å². The van der Waals surface area contributed by atoms with Gasteiger partial charge in [-0.25, -0.2) is 4.79 Å². The Morgan fingerprint density at radius 3 is 2.83 bits per heavy atom. The van der Waals surface area contributed by atoms with E-state index in [9.17, 15) is 9.59 Å². The molecule has 1 fully saturated rings. The van der Waals surface area contributed by atoms with E-state index in [-0.39, 0.29) is 5.91 Å². The summed E-state index contributed by atoms with van der Waals surface area (Å²) >= 11 is 6.10. The molecule has 1 atom stereocenters. The zero-order chi connectivity index (χ0) is 13.3. The van der Waals surface area contributed by atoms with Crippen LogP contribution in [0.1, 0.15) is 28.8 Å². The number of aryl methyl sites for hydroxylation is 1. The summed E-state index contributed by atoms with van der Waals surface area (Å²) in [6.45, 7) is 2.29. The summed E-state index contributed by atoms with van der Waals surface area (Å²) in [5.74, 6) is -1.25. The third-order valence-corrected chi connectivity index (χ3v) is 3.72. The highest BCUT2D eigenvalue weighted by molar-refractivity contribution is 6.34. The fraction of sp³-hybridized carbons (Fsp3) is 0.385. The summed E-state index contributed by atoms with van der Waals surface area (Å²) in [6.07, 6.45) is 1.22. The molecule has 0 unspecified atom stereocenters. The molecular formula is C13H14ClNO3. The number of amides is 1. The lowest BCUT2D eigenvalue weighted by Crippen LogP contribution is -2.40. The molecule has 0 bridgehead atoms. The van der Waals surface area contributed by atoms with Crippen LogP contribution in [0.25, 0.3) is 0 Å². The standard InChI is InChI=1S/C13H14ClNO3/c1-8-4-2-5-9(11(8)14)12(16)15-7-3-6-10(15)13(17)18/h2,4-5,10H,3,6-7H2,1H3,(H,17,18)/t10-/m0/s1. The number of likely N-dealkylation sites (tertiary alicyclic amines) is 1. The van der Waals surface area contributed by atoms with Crippen LogP contribution in [-0.2, 0) is 4.79 Å². The van der Waals surface area contributed by atoms with Gasteiger partial charge in [0.15, 0.2) is 0 Å². The lowest BCUT2D eigenvalue weighted by atomic mass is 10.1. The average molecular weight is 268 g/mol. The van der Waals surface area contributed by atoms with Gasteiger partial charge in [-0.2, -0.15) is 0 Å². The van der Waals surface area contributed by atoms with E-state index in [1.165, 1.54) is 4.90 Å². The molecule has 1 heterocycles. The Morgan fingerprint density at radius 2 is 2.17 bits per heavy atom. The van der Waals surface area contributed by atoms with Crippen LogP contribution in [0.4, 0.5) is 0 Å². The molecule has 1 aromatic carbocycles. The van der Waals surface area contributed by atoms with Gasteiger partial charge in [0.05, 0.1) is 10.6 Å². The molecule has 1 aliphatic heterocycles. The number of benzene rings is 1. The SMILES string of the molecule is Cc1cccc(C(=O)N2CCC[C@H]2C(=O)O)c1Cl. The Hall–Kier alpha value is -1.55. The Morgan fingerprint density at radius 1 is 1.44 bits per heavy atom. The number of carbonyl (C=O) groups excluding carboxylic acids is 1. The summed E-state index contributed by atoms with van der Waals surface area (Å²) in [5.41, 5.74) is 1.19. The van der Waals surface area contributed by atoms with Gasteiger partial charge in [-0.1, -0.05) is 23.7 Å². The molecule has 1 aromatic rings. The molecule has 4 nitrogen and oxygen atoms in total. The maximum Gasteiger partial charge on any atom is 0.326 e.